The van der Waals surface area contributed by atoms with Crippen molar-refractivity contribution in [2.45, 2.75) is 25.3 Å². The van der Waals surface area contributed by atoms with E-state index in [-0.39, 0.29) is 5.82 Å². The predicted octanol–water partition coefficient (Wildman–Crippen LogP) is 3.67. The number of hydrogen-bond acceptors (Lipinski definition) is 2. The smallest absolute Gasteiger partial charge is 0.131 e. The second-order valence-corrected chi connectivity index (χ2v) is 6.08. The highest BCUT2D eigenvalue weighted by atomic mass is 19.1. The van der Waals surface area contributed by atoms with Crippen LogP contribution in [-0.4, -0.2) is 19.1 Å². The molecule has 0 bridgehead atoms. The Hall–Kier alpha value is -1.87. The van der Waals surface area contributed by atoms with Crippen LogP contribution in [0.2, 0.25) is 0 Å². The fourth-order valence-electron chi connectivity index (χ4n) is 3.71. The lowest BCUT2D eigenvalue weighted by atomic mass is 9.88. The molecular formula is C18H19FN2. The van der Waals surface area contributed by atoms with Gasteiger partial charge in [0, 0.05) is 29.8 Å². The van der Waals surface area contributed by atoms with E-state index in [1.807, 2.05) is 19.1 Å². The summed E-state index contributed by atoms with van der Waals surface area (Å²) in [4.78, 5) is 0. The molecule has 2 aromatic carbocycles. The highest BCUT2D eigenvalue weighted by molar-refractivity contribution is 5.73. The van der Waals surface area contributed by atoms with Gasteiger partial charge in [0.25, 0.3) is 0 Å². The van der Waals surface area contributed by atoms with Gasteiger partial charge in [-0.25, -0.2) is 4.39 Å². The Morgan fingerprint density at radius 2 is 2.10 bits per heavy atom. The van der Waals surface area contributed by atoms with Crippen molar-refractivity contribution in [2.24, 2.45) is 0 Å². The maximum absolute atomic E-state index is 14.2. The molecular weight excluding hydrogens is 263 g/mol. The fourth-order valence-corrected chi connectivity index (χ4v) is 3.71. The average molecular weight is 282 g/mol. The summed E-state index contributed by atoms with van der Waals surface area (Å²) in [5.74, 6) is 0.361. The van der Waals surface area contributed by atoms with Crippen molar-refractivity contribution < 1.29 is 4.39 Å². The van der Waals surface area contributed by atoms with Gasteiger partial charge in [-0.1, -0.05) is 18.2 Å². The number of anilines is 1. The molecule has 1 saturated heterocycles. The van der Waals surface area contributed by atoms with Crippen molar-refractivity contribution in [3.8, 4) is 11.1 Å². The first-order valence-electron chi connectivity index (χ1n) is 7.61. The normalized spacial score (nSPS) is 23.3. The van der Waals surface area contributed by atoms with Gasteiger partial charge < -0.3 is 10.6 Å². The summed E-state index contributed by atoms with van der Waals surface area (Å²) in [7, 11) is 0. The number of aryl methyl sites for hydroxylation is 1. The van der Waals surface area contributed by atoms with Gasteiger partial charge in [-0.05, 0) is 54.8 Å². The van der Waals surface area contributed by atoms with E-state index in [1.54, 1.807) is 12.1 Å². The van der Waals surface area contributed by atoms with Crippen LogP contribution in [0.3, 0.4) is 0 Å². The lowest BCUT2D eigenvalue weighted by molar-refractivity contribution is 0.440. The van der Waals surface area contributed by atoms with E-state index in [1.165, 1.54) is 11.3 Å². The quantitative estimate of drug-likeness (QED) is 0.834. The van der Waals surface area contributed by atoms with Crippen molar-refractivity contribution in [2.75, 3.05) is 18.4 Å². The van der Waals surface area contributed by atoms with Gasteiger partial charge in [-0.2, -0.15) is 0 Å². The first-order chi connectivity index (χ1) is 10.2. The number of piperidine rings is 1. The zero-order valence-electron chi connectivity index (χ0n) is 12.1. The molecule has 3 heteroatoms. The Kier molecular flexibility index (Phi) is 2.96. The molecule has 2 aliphatic rings. The third-order valence-electron chi connectivity index (χ3n) is 4.78. The minimum Gasteiger partial charge on any atom is -0.381 e. The lowest BCUT2D eigenvalue weighted by Gasteiger charge is -2.26. The summed E-state index contributed by atoms with van der Waals surface area (Å²) in [5.41, 5.74) is 5.24. The number of rotatable bonds is 1. The molecule has 0 spiro atoms. The molecule has 2 aliphatic heterocycles. The predicted molar refractivity (Wildman–Crippen MR) is 84.2 cm³/mol. The molecule has 1 fully saturated rings. The molecule has 21 heavy (non-hydrogen) atoms. The zero-order chi connectivity index (χ0) is 14.4. The fraction of sp³-hybridized carbons (Fsp3) is 0.333. The Balaban J connectivity index is 1.80. The lowest BCUT2D eigenvalue weighted by Crippen LogP contribution is -2.38. The molecule has 2 N–H and O–H groups in total. The van der Waals surface area contributed by atoms with Gasteiger partial charge in [0.1, 0.15) is 5.82 Å². The maximum atomic E-state index is 14.2. The molecule has 0 amide bonds. The van der Waals surface area contributed by atoms with E-state index in [0.29, 0.717) is 12.0 Å². The van der Waals surface area contributed by atoms with Crippen LogP contribution in [0.15, 0.2) is 36.4 Å². The molecule has 0 aliphatic carbocycles. The summed E-state index contributed by atoms with van der Waals surface area (Å²) in [6.07, 6.45) is 1.15. The minimum atomic E-state index is -0.140. The van der Waals surface area contributed by atoms with Gasteiger partial charge in [0.05, 0.1) is 0 Å². The monoisotopic (exact) mass is 282 g/mol. The largest absolute Gasteiger partial charge is 0.381 e. The third-order valence-corrected chi connectivity index (χ3v) is 4.78. The van der Waals surface area contributed by atoms with Crippen LogP contribution in [0.1, 0.15) is 23.5 Å². The SMILES string of the molecule is Cc1cccc(F)c1-c1ccc2c(c1)C1CNCCC1N2. The number of fused-ring (bicyclic) bond motifs is 3. The second-order valence-electron chi connectivity index (χ2n) is 6.08. The van der Waals surface area contributed by atoms with Gasteiger partial charge in [0.2, 0.25) is 0 Å². The van der Waals surface area contributed by atoms with Gasteiger partial charge >= 0.3 is 0 Å². The summed E-state index contributed by atoms with van der Waals surface area (Å²) in [5, 5.41) is 7.08. The topological polar surface area (TPSA) is 24.1 Å². The average Bonchev–Trinajstić information content (AvgIpc) is 2.85. The molecule has 2 heterocycles. The zero-order valence-corrected chi connectivity index (χ0v) is 12.1. The van der Waals surface area contributed by atoms with Crippen LogP contribution in [0.25, 0.3) is 11.1 Å². The Labute approximate surface area is 124 Å². The minimum absolute atomic E-state index is 0.140. The van der Waals surface area contributed by atoms with E-state index < -0.39 is 0 Å². The van der Waals surface area contributed by atoms with Crippen LogP contribution in [-0.2, 0) is 0 Å². The standard InChI is InChI=1S/C18H19FN2/c1-11-3-2-4-15(19)18(11)12-5-6-16-13(9-12)14-10-20-8-7-17(14)21-16/h2-6,9,14,17,20-21H,7-8,10H2,1H3. The summed E-state index contributed by atoms with van der Waals surface area (Å²) in [6, 6.07) is 12.1. The van der Waals surface area contributed by atoms with E-state index in [9.17, 15) is 4.39 Å². The Bertz CT molecular complexity index is 675. The first kappa shape index (κ1) is 12.8. The van der Waals surface area contributed by atoms with E-state index >= 15 is 0 Å². The van der Waals surface area contributed by atoms with Crippen molar-refractivity contribution in [3.05, 3.63) is 53.3 Å². The Morgan fingerprint density at radius 1 is 1.19 bits per heavy atom. The number of hydrogen-bond donors (Lipinski definition) is 2. The van der Waals surface area contributed by atoms with Crippen molar-refractivity contribution in [3.63, 3.8) is 0 Å². The molecule has 0 aromatic heterocycles. The third kappa shape index (κ3) is 2.04. The second kappa shape index (κ2) is 4.85. The van der Waals surface area contributed by atoms with Crippen LogP contribution < -0.4 is 10.6 Å². The van der Waals surface area contributed by atoms with Crippen LogP contribution in [0.5, 0.6) is 0 Å². The van der Waals surface area contributed by atoms with Crippen LogP contribution in [0, 0.1) is 12.7 Å². The van der Waals surface area contributed by atoms with Crippen LogP contribution in [0.4, 0.5) is 10.1 Å². The molecule has 4 rings (SSSR count). The number of nitrogens with one attached hydrogen (secondary N) is 2. The van der Waals surface area contributed by atoms with Gasteiger partial charge in [-0.3, -0.25) is 0 Å². The van der Waals surface area contributed by atoms with E-state index in [4.69, 9.17) is 0 Å². The molecule has 2 atom stereocenters. The van der Waals surface area contributed by atoms with Crippen LogP contribution >= 0.6 is 0 Å². The highest BCUT2D eigenvalue weighted by Crippen LogP contribution is 2.41. The summed E-state index contributed by atoms with van der Waals surface area (Å²) < 4.78 is 14.2. The van der Waals surface area contributed by atoms with Gasteiger partial charge in [0.15, 0.2) is 0 Å². The van der Waals surface area contributed by atoms with E-state index in [0.717, 1.165) is 36.2 Å². The molecule has 2 unspecified atom stereocenters. The van der Waals surface area contributed by atoms with Crippen molar-refractivity contribution >= 4 is 5.69 Å². The number of halogens is 1. The van der Waals surface area contributed by atoms with Crippen molar-refractivity contribution in [1.29, 1.82) is 0 Å². The summed E-state index contributed by atoms with van der Waals surface area (Å²) >= 11 is 0. The van der Waals surface area contributed by atoms with Gasteiger partial charge in [-0.15, -0.1) is 0 Å². The number of benzene rings is 2. The van der Waals surface area contributed by atoms with Crippen molar-refractivity contribution in [1.82, 2.24) is 5.32 Å². The Morgan fingerprint density at radius 3 is 2.95 bits per heavy atom. The molecule has 2 aromatic rings. The first-order valence-corrected chi connectivity index (χ1v) is 7.61. The molecule has 0 saturated carbocycles. The van der Waals surface area contributed by atoms with E-state index in [2.05, 4.69) is 22.8 Å². The molecule has 2 nitrogen and oxygen atoms in total. The summed E-state index contributed by atoms with van der Waals surface area (Å²) in [6.45, 7) is 4.04. The maximum Gasteiger partial charge on any atom is 0.131 e. The highest BCUT2D eigenvalue weighted by Gasteiger charge is 2.34. The molecule has 0 radical (unpaired) electrons. The molecule has 108 valence electrons.